The second kappa shape index (κ2) is 25.7. The lowest BCUT2D eigenvalue weighted by Gasteiger charge is -2.38. The van der Waals surface area contributed by atoms with Crippen LogP contribution in [0.25, 0.3) is 22.3 Å². The second-order valence-corrected chi connectivity index (χ2v) is 24.6. The molecular weight excluding hydrogens is 1260 g/mol. The Bertz CT molecular complexity index is 4950. The van der Waals surface area contributed by atoms with Crippen LogP contribution in [0.5, 0.6) is 46.0 Å². The van der Waals surface area contributed by atoms with Gasteiger partial charge in [-0.1, -0.05) is 151 Å². The van der Waals surface area contributed by atoms with Crippen LogP contribution in [0.4, 0.5) is 26.3 Å². The number of nitriles is 3. The summed E-state index contributed by atoms with van der Waals surface area (Å²) in [5.41, 5.74) is -0.161. The lowest BCUT2D eigenvalue weighted by Crippen LogP contribution is -2.54. The number of rotatable bonds is 18. The van der Waals surface area contributed by atoms with Gasteiger partial charge in [0.1, 0.15) is 75.3 Å². The van der Waals surface area contributed by atoms with Crippen LogP contribution in [0.15, 0.2) is 257 Å². The number of alkyl halides is 6. The van der Waals surface area contributed by atoms with Gasteiger partial charge >= 0.3 is 12.4 Å². The third-order valence-corrected chi connectivity index (χ3v) is 19.0. The highest BCUT2D eigenvalue weighted by Gasteiger charge is 2.72. The molecule has 0 spiro atoms. The highest BCUT2D eigenvalue weighted by atomic mass is 32.2. The number of fused-ring (bicyclic) bond motifs is 3. The normalized spacial score (nSPS) is 12.5. The Morgan fingerprint density at radius 2 is 0.863 bits per heavy atom. The first kappa shape index (κ1) is 64.0. The third kappa shape index (κ3) is 11.6. The highest BCUT2D eigenvalue weighted by molar-refractivity contribution is 7.94. The van der Waals surface area contributed by atoms with Crippen molar-refractivity contribution in [3.05, 3.63) is 304 Å². The largest absolute Gasteiger partial charge is 0.456 e. The van der Waals surface area contributed by atoms with Crippen molar-refractivity contribution in [3.8, 4) is 86.5 Å². The maximum atomic E-state index is 15.5. The average Bonchev–Trinajstić information content (AvgIpc) is 1.64. The van der Waals surface area contributed by atoms with Gasteiger partial charge in [0.15, 0.2) is 0 Å². The number of benzene rings is 11. The van der Waals surface area contributed by atoms with E-state index >= 15 is 26.3 Å². The van der Waals surface area contributed by atoms with Gasteiger partial charge in [0.25, 0.3) is 0 Å². The minimum atomic E-state index is -5.98. The lowest BCUT2D eigenvalue weighted by atomic mass is 9.68. The molecule has 0 atom stereocenters. The molecular formula is C75H47F6N3O9S2. The fourth-order valence-corrected chi connectivity index (χ4v) is 14.2. The first-order valence-corrected chi connectivity index (χ1v) is 31.1. The number of hydrogen-bond donors (Lipinski definition) is 1. The molecule has 1 aliphatic carbocycles. The quantitative estimate of drug-likeness (QED) is 0.0371. The molecule has 0 unspecified atom stereocenters. The average molecular weight is 1310 g/mol. The van der Waals surface area contributed by atoms with Crippen LogP contribution in [0.1, 0.15) is 61.2 Å². The van der Waals surface area contributed by atoms with Gasteiger partial charge in [-0.15, -0.1) is 4.33 Å². The molecule has 12 rings (SSSR count). The van der Waals surface area contributed by atoms with Crippen molar-refractivity contribution in [2.75, 3.05) is 0 Å². The van der Waals surface area contributed by atoms with Gasteiger partial charge in [0.2, 0.25) is 15.3 Å². The summed E-state index contributed by atoms with van der Waals surface area (Å²) in [5.74, 6) is 0.624. The topological polar surface area (TPSA) is 181 Å². The molecule has 0 amide bonds. The Labute approximate surface area is 545 Å². The molecule has 0 bridgehead atoms. The Balaban J connectivity index is 0.795. The van der Waals surface area contributed by atoms with Crippen molar-refractivity contribution in [3.63, 3.8) is 0 Å². The van der Waals surface area contributed by atoms with Gasteiger partial charge in [-0.2, -0.15) is 42.1 Å². The van der Waals surface area contributed by atoms with E-state index in [1.165, 1.54) is 72.8 Å². The maximum absolute atomic E-state index is 15.5. The molecule has 11 aromatic carbocycles. The van der Waals surface area contributed by atoms with E-state index in [9.17, 15) is 24.2 Å². The molecule has 1 aliphatic rings. The van der Waals surface area contributed by atoms with E-state index < -0.39 is 44.1 Å². The molecule has 0 aliphatic heterocycles. The molecule has 11 aromatic rings. The van der Waals surface area contributed by atoms with Crippen LogP contribution >= 0.6 is 12.0 Å². The molecule has 1 N–H and O–H groups in total. The van der Waals surface area contributed by atoms with Gasteiger partial charge in [0.05, 0.1) is 32.8 Å². The van der Waals surface area contributed by atoms with Crippen molar-refractivity contribution in [2.24, 2.45) is 0 Å². The molecule has 12 nitrogen and oxygen atoms in total. The summed E-state index contributed by atoms with van der Waals surface area (Å²) in [4.78, 5) is 0.0260. The summed E-state index contributed by atoms with van der Waals surface area (Å²) in [6.07, 6.45) is -12.0. The number of sulfone groups is 1. The fourth-order valence-electron chi connectivity index (χ4n) is 12.2. The van der Waals surface area contributed by atoms with E-state index in [2.05, 4.69) is 45.8 Å². The van der Waals surface area contributed by atoms with Crippen molar-refractivity contribution < 1.29 is 68.3 Å². The Morgan fingerprint density at radius 1 is 0.442 bits per heavy atom. The summed E-state index contributed by atoms with van der Waals surface area (Å²) >= 11 is 0.556. The highest BCUT2D eigenvalue weighted by Crippen LogP contribution is 2.58. The van der Waals surface area contributed by atoms with Crippen molar-refractivity contribution in [1.29, 1.82) is 15.8 Å². The number of aryl methyl sites for hydroxylation is 2. The first-order chi connectivity index (χ1) is 45.7. The van der Waals surface area contributed by atoms with Gasteiger partial charge in [-0.25, -0.2) is 13.7 Å². The van der Waals surface area contributed by atoms with E-state index in [0.717, 1.165) is 63.2 Å². The summed E-state index contributed by atoms with van der Waals surface area (Å²) in [6.45, 7) is 3.41. The molecule has 95 heavy (non-hydrogen) atoms. The zero-order valence-electron chi connectivity index (χ0n) is 49.7. The minimum absolute atomic E-state index is 0.0391. The Hall–Kier alpha value is -11.2. The zero-order valence-corrected chi connectivity index (χ0v) is 51.4. The first-order valence-electron chi connectivity index (χ1n) is 28.9. The number of hydrogen-bond acceptors (Lipinski definition) is 13. The maximum Gasteiger partial charge on any atom is 0.411 e. The van der Waals surface area contributed by atoms with Gasteiger partial charge in [-0.3, -0.25) is 0 Å². The van der Waals surface area contributed by atoms with E-state index in [0.29, 0.717) is 64.7 Å². The van der Waals surface area contributed by atoms with Crippen LogP contribution in [-0.4, -0.2) is 26.0 Å². The molecule has 0 saturated heterocycles. The van der Waals surface area contributed by atoms with Crippen molar-refractivity contribution in [2.45, 2.75) is 51.7 Å². The van der Waals surface area contributed by atoms with Crippen LogP contribution in [0, 0.1) is 47.8 Å². The summed E-state index contributed by atoms with van der Waals surface area (Å²) in [6, 6.07) is 68.2. The van der Waals surface area contributed by atoms with E-state index in [-0.39, 0.29) is 65.7 Å². The molecule has 0 heterocycles. The molecule has 0 fully saturated rings. The number of nitrogens with zero attached hydrogens (tertiary/aromatic N) is 3. The van der Waals surface area contributed by atoms with Gasteiger partial charge in [0, 0.05) is 10.5 Å². The smallest absolute Gasteiger partial charge is 0.411 e. The van der Waals surface area contributed by atoms with E-state index in [4.69, 9.17) is 24.2 Å². The summed E-state index contributed by atoms with van der Waals surface area (Å²) < 4.78 is 150. The summed E-state index contributed by atoms with van der Waals surface area (Å²) in [7, 11) is -4.21. The van der Waals surface area contributed by atoms with Crippen LogP contribution in [-0.2, 0) is 30.0 Å². The molecule has 20 heteroatoms. The number of halogens is 6. The monoisotopic (exact) mass is 1310 g/mol. The standard InChI is InChI=1S/C75H47F6N3O9S2/c1-46-11-7-19-67(62(46)43-82)88-53-33-25-49(26-34-53)72(65-17-5-3-14-60(65)61-15-4-6-18-66(61)72)50-27-35-54(36-28-50)90-69-21-10-22-70(64(69)45-84)91-56-39-31-52(32-40-56)73(74(76,77)78,75(79,80)81)51-29-37-55(38-30-51)89-68-20-9-16-59(63(68)44-83)48-24-23-47(2)71(41-48)95(86,87)58-13-8-12-57(42-58)94-93-92-85/h3-42,85H,1-2H3. The Kier molecular flexibility index (Phi) is 17.3. The van der Waals surface area contributed by atoms with E-state index in [1.54, 1.807) is 31.2 Å². The third-order valence-electron chi connectivity index (χ3n) is 16.5. The molecule has 0 radical (unpaired) electrons. The molecule has 470 valence electrons. The SMILES string of the molecule is Cc1ccc(-c2cccc(Oc3ccc(C(c4ccc(Oc5cccc(Oc6ccc(C7(c8ccc(Oc9cccc(C)c9C#N)cc8)c8ccccc8-c8ccccc87)cc6)c5C#N)cc4)(C(F)(F)F)C(F)(F)F)cc3)c2C#N)cc1S(=O)(=O)c1cccc(SOOO)c1. The van der Waals surface area contributed by atoms with Crippen molar-refractivity contribution >= 4 is 21.9 Å². The van der Waals surface area contributed by atoms with Gasteiger partial charge < -0.3 is 18.9 Å². The zero-order chi connectivity index (χ0) is 66.9. The second-order valence-electron chi connectivity index (χ2n) is 21.9. The van der Waals surface area contributed by atoms with E-state index in [1.807, 2.05) is 85.8 Å². The Morgan fingerprint density at radius 3 is 1.34 bits per heavy atom. The minimum Gasteiger partial charge on any atom is -0.456 e. The van der Waals surface area contributed by atoms with Crippen LogP contribution < -0.4 is 18.9 Å². The van der Waals surface area contributed by atoms with Crippen molar-refractivity contribution in [1.82, 2.24) is 0 Å². The predicted molar refractivity (Wildman–Crippen MR) is 341 cm³/mol. The molecule has 0 aromatic heterocycles. The van der Waals surface area contributed by atoms with Gasteiger partial charge in [-0.05, 0) is 172 Å². The lowest BCUT2D eigenvalue weighted by molar-refractivity contribution is -0.432. The fraction of sp³-hybridized carbons (Fsp3) is 0.0800. The molecule has 0 saturated carbocycles. The number of ether oxygens (including phenoxy) is 4. The summed E-state index contributed by atoms with van der Waals surface area (Å²) in [5, 5.41) is 43.0. The van der Waals surface area contributed by atoms with Crippen LogP contribution in [0.2, 0.25) is 0 Å². The van der Waals surface area contributed by atoms with Crippen LogP contribution in [0.3, 0.4) is 0 Å². The predicted octanol–water partition coefficient (Wildman–Crippen LogP) is 19.8.